The highest BCUT2D eigenvalue weighted by Gasteiger charge is 2.16. The van der Waals surface area contributed by atoms with Crippen molar-refractivity contribution in [1.29, 1.82) is 0 Å². The van der Waals surface area contributed by atoms with Crippen LogP contribution in [0.2, 0.25) is 0 Å². The van der Waals surface area contributed by atoms with Crippen molar-refractivity contribution in [3.05, 3.63) is 95.4 Å². The monoisotopic (exact) mass is 485 g/mol. The van der Waals surface area contributed by atoms with E-state index < -0.39 is 17.9 Å². The Morgan fingerprint density at radius 3 is 2.20 bits per heavy atom. The Bertz CT molecular complexity index is 1290. The van der Waals surface area contributed by atoms with Crippen LogP contribution in [0.25, 0.3) is 22.4 Å². The first-order valence-corrected chi connectivity index (χ1v) is 12.3. The highest BCUT2D eigenvalue weighted by molar-refractivity contribution is 7.14. The number of carbonyl (C=O) groups is 2. The number of thiazole rings is 1. The van der Waals surface area contributed by atoms with E-state index in [0.29, 0.717) is 12.1 Å². The van der Waals surface area contributed by atoms with Crippen molar-refractivity contribution in [2.45, 2.75) is 26.4 Å². The summed E-state index contributed by atoms with van der Waals surface area (Å²) in [6, 6.07) is 25.0. The lowest BCUT2D eigenvalue weighted by atomic mass is 10.0. The molecule has 2 N–H and O–H groups in total. The second-order valence-corrected chi connectivity index (χ2v) is 9.04. The number of nitrogens with zero attached hydrogens (tertiary/aromatic N) is 2. The zero-order valence-electron chi connectivity index (χ0n) is 19.6. The van der Waals surface area contributed by atoms with Crippen molar-refractivity contribution in [3.63, 3.8) is 0 Å². The lowest BCUT2D eigenvalue weighted by Gasteiger charge is -2.20. The Labute approximate surface area is 208 Å². The van der Waals surface area contributed by atoms with Crippen LogP contribution < -0.4 is 10.2 Å². The molecule has 0 bridgehead atoms. The summed E-state index contributed by atoms with van der Waals surface area (Å²) in [7, 11) is 0. The summed E-state index contributed by atoms with van der Waals surface area (Å²) in [5.41, 5.74) is 5.86. The van der Waals surface area contributed by atoms with Crippen LogP contribution in [0.5, 0.6) is 0 Å². The lowest BCUT2D eigenvalue weighted by Crippen LogP contribution is -2.38. The van der Waals surface area contributed by atoms with E-state index in [0.717, 1.165) is 28.5 Å². The van der Waals surface area contributed by atoms with Gasteiger partial charge < -0.3 is 15.3 Å². The third-order valence-corrected chi connectivity index (χ3v) is 6.64. The second kappa shape index (κ2) is 11.0. The Hall–Kier alpha value is -3.97. The summed E-state index contributed by atoms with van der Waals surface area (Å²) in [6.07, 6.45) is 0. The highest BCUT2D eigenvalue weighted by atomic mass is 32.1. The molecule has 1 atom stereocenters. The molecule has 3 aromatic carbocycles. The van der Waals surface area contributed by atoms with E-state index in [1.54, 1.807) is 23.5 Å². The van der Waals surface area contributed by atoms with Crippen molar-refractivity contribution < 1.29 is 14.7 Å². The average molecular weight is 486 g/mol. The van der Waals surface area contributed by atoms with Crippen LogP contribution in [0.15, 0.2) is 84.2 Å². The number of hydrogen-bond donors (Lipinski definition) is 2. The largest absolute Gasteiger partial charge is 0.480 e. The molecule has 4 aromatic rings. The number of aromatic nitrogens is 1. The van der Waals surface area contributed by atoms with E-state index in [1.807, 2.05) is 30.3 Å². The zero-order chi connectivity index (χ0) is 24.8. The van der Waals surface area contributed by atoms with Gasteiger partial charge in [0.15, 0.2) is 5.13 Å². The molecule has 6 nitrogen and oxygen atoms in total. The SMILES string of the molecule is CCN(Cc1ccc(C(=O)NC(C)C(=O)O)cc1)c1nc(-c2ccc(-c3ccccc3)cc2)cs1. The number of amides is 1. The van der Waals surface area contributed by atoms with Gasteiger partial charge in [-0.3, -0.25) is 9.59 Å². The standard InChI is InChI=1S/C28H27N3O3S/c1-3-31(17-20-9-11-24(12-10-20)26(32)29-19(2)27(33)34)28-30-25(18-35-28)23-15-13-22(14-16-23)21-7-5-4-6-8-21/h4-16,18-19H,3,17H2,1-2H3,(H,29,32)(H,33,34). The first-order valence-electron chi connectivity index (χ1n) is 11.4. The molecule has 0 aliphatic heterocycles. The van der Waals surface area contributed by atoms with Gasteiger partial charge in [0.25, 0.3) is 5.91 Å². The third-order valence-electron chi connectivity index (χ3n) is 5.74. The van der Waals surface area contributed by atoms with E-state index in [4.69, 9.17) is 10.1 Å². The van der Waals surface area contributed by atoms with Crippen LogP contribution in [0.3, 0.4) is 0 Å². The number of anilines is 1. The number of rotatable bonds is 9. The first kappa shape index (κ1) is 24.2. The molecule has 0 aliphatic rings. The molecule has 1 heterocycles. The number of nitrogens with one attached hydrogen (secondary N) is 1. The number of hydrogen-bond acceptors (Lipinski definition) is 5. The van der Waals surface area contributed by atoms with Gasteiger partial charge in [0, 0.05) is 29.6 Å². The smallest absolute Gasteiger partial charge is 0.325 e. The zero-order valence-corrected chi connectivity index (χ0v) is 20.5. The van der Waals surface area contributed by atoms with E-state index in [9.17, 15) is 9.59 Å². The van der Waals surface area contributed by atoms with Crippen molar-refractivity contribution in [2.75, 3.05) is 11.4 Å². The van der Waals surface area contributed by atoms with Crippen LogP contribution in [-0.2, 0) is 11.3 Å². The molecule has 7 heteroatoms. The minimum atomic E-state index is -1.07. The van der Waals surface area contributed by atoms with Crippen molar-refractivity contribution in [3.8, 4) is 22.4 Å². The number of carbonyl (C=O) groups excluding carboxylic acids is 1. The predicted octanol–water partition coefficient (Wildman–Crippen LogP) is 5.71. The number of aliphatic carboxylic acids is 1. The molecule has 0 saturated carbocycles. The molecule has 0 fully saturated rings. The van der Waals surface area contributed by atoms with Gasteiger partial charge in [0.05, 0.1) is 5.69 Å². The summed E-state index contributed by atoms with van der Waals surface area (Å²) in [5, 5.41) is 14.4. The molecule has 1 amide bonds. The predicted molar refractivity (Wildman–Crippen MR) is 141 cm³/mol. The van der Waals surface area contributed by atoms with Gasteiger partial charge in [-0.25, -0.2) is 4.98 Å². The first-order chi connectivity index (χ1) is 16.9. The molecule has 1 aromatic heterocycles. The van der Waals surface area contributed by atoms with Crippen LogP contribution in [0.4, 0.5) is 5.13 Å². The number of benzene rings is 3. The van der Waals surface area contributed by atoms with Crippen molar-refractivity contribution in [1.82, 2.24) is 10.3 Å². The molecular weight excluding hydrogens is 458 g/mol. The fourth-order valence-corrected chi connectivity index (χ4v) is 4.54. The minimum absolute atomic E-state index is 0.401. The summed E-state index contributed by atoms with van der Waals surface area (Å²) >= 11 is 1.61. The molecule has 1 unspecified atom stereocenters. The van der Waals surface area contributed by atoms with Crippen LogP contribution >= 0.6 is 11.3 Å². The van der Waals surface area contributed by atoms with Crippen LogP contribution in [-0.4, -0.2) is 34.6 Å². The normalized spacial score (nSPS) is 11.6. The molecule has 0 spiro atoms. The van der Waals surface area contributed by atoms with Crippen molar-refractivity contribution in [2.24, 2.45) is 0 Å². The Kier molecular flexibility index (Phi) is 7.57. The van der Waals surface area contributed by atoms with Gasteiger partial charge in [-0.1, -0.05) is 66.7 Å². The van der Waals surface area contributed by atoms with Crippen LogP contribution in [0, 0.1) is 0 Å². The maximum atomic E-state index is 12.2. The van der Waals surface area contributed by atoms with E-state index >= 15 is 0 Å². The molecule has 0 saturated heterocycles. The maximum absolute atomic E-state index is 12.2. The Balaban J connectivity index is 1.43. The quantitative estimate of drug-likeness (QED) is 0.317. The summed E-state index contributed by atoms with van der Waals surface area (Å²) < 4.78 is 0. The molecule has 0 radical (unpaired) electrons. The van der Waals surface area contributed by atoms with Gasteiger partial charge in [0.2, 0.25) is 0 Å². The number of carboxylic acid groups (broad SMARTS) is 1. The highest BCUT2D eigenvalue weighted by Crippen LogP contribution is 2.30. The fourth-order valence-electron chi connectivity index (χ4n) is 3.64. The maximum Gasteiger partial charge on any atom is 0.325 e. The topological polar surface area (TPSA) is 82.5 Å². The fraction of sp³-hybridized carbons (Fsp3) is 0.179. The average Bonchev–Trinajstić information content (AvgIpc) is 3.38. The molecule has 178 valence electrons. The lowest BCUT2D eigenvalue weighted by molar-refractivity contribution is -0.138. The Morgan fingerprint density at radius 2 is 1.57 bits per heavy atom. The third kappa shape index (κ3) is 5.94. The molecular formula is C28H27N3O3S. The summed E-state index contributed by atoms with van der Waals surface area (Å²) in [6.45, 7) is 4.97. The number of carboxylic acids is 1. The van der Waals surface area contributed by atoms with Gasteiger partial charge in [-0.05, 0) is 42.7 Å². The minimum Gasteiger partial charge on any atom is -0.480 e. The Morgan fingerprint density at radius 1 is 0.943 bits per heavy atom. The molecule has 0 aliphatic carbocycles. The van der Waals surface area contributed by atoms with E-state index in [1.165, 1.54) is 18.1 Å². The van der Waals surface area contributed by atoms with Crippen LogP contribution in [0.1, 0.15) is 29.8 Å². The van der Waals surface area contributed by atoms with E-state index in [-0.39, 0.29) is 0 Å². The van der Waals surface area contributed by atoms with Gasteiger partial charge >= 0.3 is 5.97 Å². The van der Waals surface area contributed by atoms with Crippen molar-refractivity contribution >= 4 is 28.3 Å². The molecule has 35 heavy (non-hydrogen) atoms. The summed E-state index contributed by atoms with van der Waals surface area (Å²) in [5.74, 6) is -1.47. The van der Waals surface area contributed by atoms with E-state index in [2.05, 4.69) is 58.9 Å². The summed E-state index contributed by atoms with van der Waals surface area (Å²) in [4.78, 5) is 30.2. The molecule has 4 rings (SSSR count). The van der Waals surface area contributed by atoms with Gasteiger partial charge in [0.1, 0.15) is 6.04 Å². The second-order valence-electron chi connectivity index (χ2n) is 8.20. The van der Waals surface area contributed by atoms with Gasteiger partial charge in [-0.2, -0.15) is 0 Å². The van der Waals surface area contributed by atoms with Gasteiger partial charge in [-0.15, -0.1) is 11.3 Å².